The minimum absolute atomic E-state index is 0.792. The number of hydrogen-bond donors (Lipinski definition) is 0. The monoisotopic (exact) mass is 343 g/mol. The molecule has 26 heavy (non-hydrogen) atoms. The molecular weight excluding hydrogens is 322 g/mol. The molecule has 0 aliphatic rings. The molecule has 0 N–H and O–H groups in total. The van der Waals surface area contributed by atoms with E-state index in [4.69, 9.17) is 4.98 Å². The van der Waals surface area contributed by atoms with Crippen LogP contribution in [0.2, 0.25) is 0 Å². The van der Waals surface area contributed by atoms with Crippen molar-refractivity contribution < 1.29 is 0 Å². The van der Waals surface area contributed by atoms with Gasteiger partial charge >= 0.3 is 0 Å². The van der Waals surface area contributed by atoms with Crippen LogP contribution in [0.1, 0.15) is 25.2 Å². The maximum atomic E-state index is 4.86. The van der Waals surface area contributed by atoms with E-state index in [9.17, 15) is 0 Å². The minimum Gasteiger partial charge on any atom is -0.354 e. The zero-order valence-corrected chi connectivity index (χ0v) is 15.0. The first-order valence-electron chi connectivity index (χ1n) is 8.93. The highest BCUT2D eigenvalue weighted by molar-refractivity contribution is 5.84. The van der Waals surface area contributed by atoms with Gasteiger partial charge in [-0.1, -0.05) is 48.5 Å². The lowest BCUT2D eigenvalue weighted by Crippen LogP contribution is -2.24. The minimum atomic E-state index is 0.792. The average molecular weight is 343 g/mol. The molecule has 0 bridgehead atoms. The Morgan fingerprint density at radius 3 is 2.38 bits per heavy atom. The van der Waals surface area contributed by atoms with Crippen molar-refractivity contribution in [2.24, 2.45) is 0 Å². The van der Waals surface area contributed by atoms with Crippen LogP contribution in [0.4, 0.5) is 5.82 Å². The molecule has 0 fully saturated rings. The maximum Gasteiger partial charge on any atom is 0.204 e. The standard InChI is InChI=1S/C21H21N5/c1-3-25(4-2)20-21-24-23-19(15-14-16-10-6-5-7-11-16)26(21)18-13-9-8-12-17(18)22-20/h5-15H,3-4H2,1-2H3/b15-14-. The highest BCUT2D eigenvalue weighted by Gasteiger charge is 2.16. The maximum absolute atomic E-state index is 4.86. The van der Waals surface area contributed by atoms with Gasteiger partial charge in [0.15, 0.2) is 11.6 Å². The van der Waals surface area contributed by atoms with Crippen LogP contribution >= 0.6 is 0 Å². The predicted octanol–water partition coefficient (Wildman–Crippen LogP) is 4.29. The number of hydrogen-bond acceptors (Lipinski definition) is 4. The Labute approximate surface area is 152 Å². The molecule has 130 valence electrons. The van der Waals surface area contributed by atoms with Gasteiger partial charge in [0.2, 0.25) is 5.65 Å². The molecule has 0 amide bonds. The summed E-state index contributed by atoms with van der Waals surface area (Å²) in [5.74, 6) is 1.68. The first-order valence-corrected chi connectivity index (χ1v) is 8.93. The molecule has 0 saturated carbocycles. The summed E-state index contributed by atoms with van der Waals surface area (Å²) in [6, 6.07) is 18.3. The molecule has 2 aromatic carbocycles. The number of fused-ring (bicyclic) bond motifs is 3. The van der Waals surface area contributed by atoms with Crippen molar-refractivity contribution in [3.05, 3.63) is 66.0 Å². The molecule has 2 aromatic heterocycles. The van der Waals surface area contributed by atoms with Crippen LogP contribution in [0.15, 0.2) is 54.6 Å². The molecule has 5 heteroatoms. The van der Waals surface area contributed by atoms with Crippen LogP contribution in [-0.2, 0) is 0 Å². The fourth-order valence-electron chi connectivity index (χ4n) is 3.17. The number of nitrogens with zero attached hydrogens (tertiary/aromatic N) is 5. The third-order valence-corrected chi connectivity index (χ3v) is 4.52. The topological polar surface area (TPSA) is 46.3 Å². The Morgan fingerprint density at radius 2 is 1.62 bits per heavy atom. The first-order chi connectivity index (χ1) is 12.8. The lowest BCUT2D eigenvalue weighted by Gasteiger charge is -2.20. The molecule has 0 atom stereocenters. The second kappa shape index (κ2) is 6.96. The number of anilines is 1. The summed E-state index contributed by atoms with van der Waals surface area (Å²) < 4.78 is 2.09. The van der Waals surface area contributed by atoms with Crippen LogP contribution in [-0.4, -0.2) is 32.7 Å². The molecule has 4 rings (SSSR count). The third kappa shape index (κ3) is 2.81. The summed E-state index contributed by atoms with van der Waals surface area (Å²) in [7, 11) is 0. The van der Waals surface area contributed by atoms with Gasteiger partial charge in [-0.25, -0.2) is 4.98 Å². The highest BCUT2D eigenvalue weighted by Crippen LogP contribution is 2.25. The molecule has 0 unspecified atom stereocenters. The van der Waals surface area contributed by atoms with E-state index >= 15 is 0 Å². The summed E-state index contributed by atoms with van der Waals surface area (Å²) in [6.45, 7) is 6.01. The highest BCUT2D eigenvalue weighted by atomic mass is 15.3. The number of aromatic nitrogens is 4. The van der Waals surface area contributed by atoms with Gasteiger partial charge in [0.25, 0.3) is 0 Å². The quantitative estimate of drug-likeness (QED) is 0.542. The Kier molecular flexibility index (Phi) is 4.35. The SMILES string of the molecule is CCN(CC)c1nc2ccccc2n2c(/C=C\c3ccccc3)nnc12. The Morgan fingerprint density at radius 1 is 0.885 bits per heavy atom. The van der Waals surface area contributed by atoms with Crippen molar-refractivity contribution in [2.45, 2.75) is 13.8 Å². The van der Waals surface area contributed by atoms with Gasteiger partial charge in [0.1, 0.15) is 0 Å². The van der Waals surface area contributed by atoms with Gasteiger partial charge < -0.3 is 4.90 Å². The second-order valence-electron chi connectivity index (χ2n) is 6.06. The lowest BCUT2D eigenvalue weighted by atomic mass is 10.2. The molecule has 0 aliphatic carbocycles. The molecule has 0 saturated heterocycles. The normalized spacial score (nSPS) is 11.6. The molecule has 0 radical (unpaired) electrons. The predicted molar refractivity (Wildman–Crippen MR) is 107 cm³/mol. The Bertz CT molecular complexity index is 1060. The molecule has 0 aliphatic heterocycles. The lowest BCUT2D eigenvalue weighted by molar-refractivity contribution is 0.848. The van der Waals surface area contributed by atoms with Crippen molar-refractivity contribution in [1.82, 2.24) is 19.6 Å². The van der Waals surface area contributed by atoms with E-state index in [-0.39, 0.29) is 0 Å². The van der Waals surface area contributed by atoms with Crippen molar-refractivity contribution >= 4 is 34.7 Å². The fraction of sp³-hybridized carbons (Fsp3) is 0.190. The van der Waals surface area contributed by atoms with E-state index in [0.717, 1.165) is 47.0 Å². The first kappa shape index (κ1) is 16.3. The van der Waals surface area contributed by atoms with Crippen molar-refractivity contribution in [1.29, 1.82) is 0 Å². The Hall–Kier alpha value is -3.21. The summed E-state index contributed by atoms with van der Waals surface area (Å²) in [5, 5.41) is 8.89. The van der Waals surface area contributed by atoms with Crippen LogP contribution < -0.4 is 4.90 Å². The van der Waals surface area contributed by atoms with E-state index in [0.29, 0.717) is 0 Å². The van der Waals surface area contributed by atoms with E-state index in [1.807, 2.05) is 42.5 Å². The smallest absolute Gasteiger partial charge is 0.204 e. The average Bonchev–Trinajstić information content (AvgIpc) is 3.12. The second-order valence-corrected chi connectivity index (χ2v) is 6.06. The molecule has 5 nitrogen and oxygen atoms in total. The van der Waals surface area contributed by atoms with E-state index in [1.54, 1.807) is 0 Å². The zero-order valence-electron chi connectivity index (χ0n) is 15.0. The number of rotatable bonds is 5. The van der Waals surface area contributed by atoms with Crippen molar-refractivity contribution in [3.63, 3.8) is 0 Å². The third-order valence-electron chi connectivity index (χ3n) is 4.52. The van der Waals surface area contributed by atoms with Gasteiger partial charge in [-0.2, -0.15) is 0 Å². The van der Waals surface area contributed by atoms with Crippen LogP contribution in [0, 0.1) is 0 Å². The van der Waals surface area contributed by atoms with Gasteiger partial charge in [-0.05, 0) is 37.6 Å². The molecular formula is C21H21N5. The van der Waals surface area contributed by atoms with E-state index in [2.05, 4.69) is 57.6 Å². The van der Waals surface area contributed by atoms with Gasteiger partial charge in [0.05, 0.1) is 11.0 Å². The van der Waals surface area contributed by atoms with Gasteiger partial charge in [-0.15, -0.1) is 10.2 Å². The number of para-hydroxylation sites is 2. The molecule has 4 aromatic rings. The molecule has 0 spiro atoms. The van der Waals surface area contributed by atoms with Crippen molar-refractivity contribution in [2.75, 3.05) is 18.0 Å². The van der Waals surface area contributed by atoms with Crippen LogP contribution in [0.5, 0.6) is 0 Å². The van der Waals surface area contributed by atoms with E-state index < -0.39 is 0 Å². The Balaban J connectivity index is 1.94. The molecule has 2 heterocycles. The van der Waals surface area contributed by atoms with Crippen LogP contribution in [0.25, 0.3) is 28.8 Å². The van der Waals surface area contributed by atoms with Gasteiger partial charge in [0, 0.05) is 13.1 Å². The summed E-state index contributed by atoms with van der Waals surface area (Å²) in [6.07, 6.45) is 4.07. The summed E-state index contributed by atoms with van der Waals surface area (Å²) >= 11 is 0. The fourth-order valence-corrected chi connectivity index (χ4v) is 3.17. The summed E-state index contributed by atoms with van der Waals surface area (Å²) in [4.78, 5) is 7.06. The number of benzene rings is 2. The van der Waals surface area contributed by atoms with Gasteiger partial charge in [-0.3, -0.25) is 4.40 Å². The zero-order chi connectivity index (χ0) is 17.9. The largest absolute Gasteiger partial charge is 0.354 e. The van der Waals surface area contributed by atoms with Crippen LogP contribution in [0.3, 0.4) is 0 Å². The summed E-state index contributed by atoms with van der Waals surface area (Å²) in [5.41, 5.74) is 3.87. The van der Waals surface area contributed by atoms with Crippen molar-refractivity contribution in [3.8, 4) is 0 Å². The van der Waals surface area contributed by atoms with E-state index in [1.165, 1.54) is 0 Å².